The van der Waals surface area contributed by atoms with E-state index in [2.05, 4.69) is 0 Å². The number of hydrogen-bond donors (Lipinski definition) is 2. The zero-order valence-corrected chi connectivity index (χ0v) is 9.06. The summed E-state index contributed by atoms with van der Waals surface area (Å²) in [5.74, 6) is -1.41. The van der Waals surface area contributed by atoms with Gasteiger partial charge in [-0.3, -0.25) is 4.79 Å². The van der Waals surface area contributed by atoms with Gasteiger partial charge in [0.15, 0.2) is 0 Å². The second-order valence-electron chi connectivity index (χ2n) is 3.54. The van der Waals surface area contributed by atoms with Crippen LogP contribution < -0.4 is 5.32 Å². The Morgan fingerprint density at radius 3 is 1.74 bits per heavy atom. The van der Waals surface area contributed by atoms with E-state index in [-0.39, 0.29) is 6.07 Å². The molecule has 0 bridgehead atoms. The van der Waals surface area contributed by atoms with Crippen LogP contribution in [0.25, 0.3) is 0 Å². The van der Waals surface area contributed by atoms with Crippen LogP contribution in [-0.4, -0.2) is 17.6 Å². The van der Waals surface area contributed by atoms with Crippen molar-refractivity contribution >= 4 is 11.7 Å². The van der Waals surface area contributed by atoms with Gasteiger partial charge in [0.2, 0.25) is 0 Å². The van der Waals surface area contributed by atoms with Crippen molar-refractivity contribution in [2.24, 2.45) is 0 Å². The van der Waals surface area contributed by atoms with Crippen LogP contribution in [0.5, 0.6) is 0 Å². The van der Waals surface area contributed by atoms with Crippen LogP contribution in [0.15, 0.2) is 18.2 Å². The minimum atomic E-state index is -4.96. The maximum atomic E-state index is 12.4. The summed E-state index contributed by atoms with van der Waals surface area (Å²) in [5, 5.41) is 10.3. The van der Waals surface area contributed by atoms with Crippen molar-refractivity contribution in [3.8, 4) is 0 Å². The van der Waals surface area contributed by atoms with E-state index in [1.54, 1.807) is 0 Å². The summed E-state index contributed by atoms with van der Waals surface area (Å²) in [6, 6.07) is 0.794. The quantitative estimate of drug-likeness (QED) is 0.839. The van der Waals surface area contributed by atoms with Crippen molar-refractivity contribution in [2.45, 2.75) is 12.4 Å². The number of carboxylic acids is 1. The Balaban J connectivity index is 3.21. The van der Waals surface area contributed by atoms with Crippen LogP contribution in [0.1, 0.15) is 11.1 Å². The fourth-order valence-corrected chi connectivity index (χ4v) is 1.23. The van der Waals surface area contributed by atoms with Gasteiger partial charge < -0.3 is 10.4 Å². The number of aliphatic carboxylic acids is 1. The maximum absolute atomic E-state index is 12.4. The molecule has 0 radical (unpaired) electrons. The van der Waals surface area contributed by atoms with E-state index in [9.17, 15) is 31.1 Å². The number of hydrogen-bond acceptors (Lipinski definition) is 2. The third-order valence-electron chi connectivity index (χ3n) is 2.03. The zero-order valence-electron chi connectivity index (χ0n) is 9.06. The summed E-state index contributed by atoms with van der Waals surface area (Å²) >= 11 is 0. The summed E-state index contributed by atoms with van der Waals surface area (Å²) in [7, 11) is 0. The zero-order chi connectivity index (χ0) is 14.8. The second-order valence-corrected chi connectivity index (χ2v) is 3.54. The molecule has 0 aliphatic heterocycles. The number of benzene rings is 1. The molecule has 0 heterocycles. The Labute approximate surface area is 102 Å². The highest BCUT2D eigenvalue weighted by Crippen LogP contribution is 2.37. The van der Waals surface area contributed by atoms with E-state index in [0.717, 1.165) is 0 Å². The van der Waals surface area contributed by atoms with E-state index in [0.29, 0.717) is 12.1 Å². The van der Waals surface area contributed by atoms with Crippen molar-refractivity contribution < 1.29 is 36.2 Å². The van der Waals surface area contributed by atoms with Gasteiger partial charge in [0.1, 0.15) is 6.54 Å². The van der Waals surface area contributed by atoms with Gasteiger partial charge in [0.25, 0.3) is 0 Å². The van der Waals surface area contributed by atoms with E-state index in [1.807, 2.05) is 5.32 Å². The molecular weight excluding hydrogens is 280 g/mol. The summed E-state index contributed by atoms with van der Waals surface area (Å²) in [6.45, 7) is -0.793. The second kappa shape index (κ2) is 4.98. The van der Waals surface area contributed by atoms with Gasteiger partial charge in [-0.1, -0.05) is 0 Å². The highest BCUT2D eigenvalue weighted by molar-refractivity contribution is 5.73. The number of rotatable bonds is 3. The molecule has 0 fully saturated rings. The lowest BCUT2D eigenvalue weighted by Crippen LogP contribution is -2.15. The third kappa shape index (κ3) is 4.34. The Morgan fingerprint density at radius 2 is 1.42 bits per heavy atom. The predicted octanol–water partition coefficient (Wildman–Crippen LogP) is 3.22. The molecule has 0 aromatic heterocycles. The van der Waals surface area contributed by atoms with Gasteiger partial charge in [0, 0.05) is 5.69 Å². The van der Waals surface area contributed by atoms with E-state index < -0.39 is 41.7 Å². The molecule has 0 aliphatic rings. The molecule has 0 saturated heterocycles. The molecule has 2 N–H and O–H groups in total. The highest BCUT2D eigenvalue weighted by Gasteiger charge is 2.36. The fourth-order valence-electron chi connectivity index (χ4n) is 1.23. The largest absolute Gasteiger partial charge is 0.480 e. The van der Waals surface area contributed by atoms with Crippen LogP contribution in [0, 0.1) is 0 Å². The van der Waals surface area contributed by atoms with Gasteiger partial charge in [0.05, 0.1) is 11.1 Å². The Kier molecular flexibility index (Phi) is 3.97. The molecule has 1 aromatic carbocycles. The minimum Gasteiger partial charge on any atom is -0.480 e. The number of halogens is 6. The van der Waals surface area contributed by atoms with Gasteiger partial charge in [-0.05, 0) is 18.2 Å². The summed E-state index contributed by atoms with van der Waals surface area (Å²) in [4.78, 5) is 10.2. The minimum absolute atomic E-state index is 0.0358. The molecule has 0 atom stereocenters. The summed E-state index contributed by atoms with van der Waals surface area (Å²) in [5.41, 5.74) is -3.57. The average Bonchev–Trinajstić information content (AvgIpc) is 2.23. The van der Waals surface area contributed by atoms with Crippen LogP contribution >= 0.6 is 0 Å². The molecule has 0 saturated carbocycles. The Bertz CT molecular complexity index is 448. The van der Waals surface area contributed by atoms with Gasteiger partial charge in [-0.25, -0.2) is 0 Å². The summed E-state index contributed by atoms with van der Waals surface area (Å²) < 4.78 is 74.5. The van der Waals surface area contributed by atoms with Gasteiger partial charge in [-0.2, -0.15) is 26.3 Å². The molecule has 1 aromatic rings. The predicted molar refractivity (Wildman–Crippen MR) is 52.6 cm³/mol. The van der Waals surface area contributed by atoms with E-state index in [4.69, 9.17) is 5.11 Å². The fraction of sp³-hybridized carbons (Fsp3) is 0.300. The van der Waals surface area contributed by atoms with Gasteiger partial charge in [-0.15, -0.1) is 0 Å². The SMILES string of the molecule is O=C(O)CNc1cc(C(F)(F)F)cc(C(F)(F)F)c1. The molecule has 0 spiro atoms. The highest BCUT2D eigenvalue weighted by atomic mass is 19.4. The number of anilines is 1. The number of carbonyl (C=O) groups is 1. The smallest absolute Gasteiger partial charge is 0.416 e. The molecule has 3 nitrogen and oxygen atoms in total. The normalized spacial score (nSPS) is 12.3. The van der Waals surface area contributed by atoms with Gasteiger partial charge >= 0.3 is 18.3 Å². The van der Waals surface area contributed by atoms with Crippen molar-refractivity contribution in [1.29, 1.82) is 0 Å². The van der Waals surface area contributed by atoms with Crippen molar-refractivity contribution in [3.05, 3.63) is 29.3 Å². The average molecular weight is 287 g/mol. The summed E-state index contributed by atoms with van der Waals surface area (Å²) in [6.07, 6.45) is -9.91. The number of nitrogens with one attached hydrogen (secondary N) is 1. The Hall–Kier alpha value is -1.93. The van der Waals surface area contributed by atoms with E-state index >= 15 is 0 Å². The molecule has 0 aliphatic carbocycles. The lowest BCUT2D eigenvalue weighted by atomic mass is 10.1. The molecule has 19 heavy (non-hydrogen) atoms. The molecule has 106 valence electrons. The molecular formula is C10H7F6NO2. The lowest BCUT2D eigenvalue weighted by Gasteiger charge is -2.14. The van der Waals surface area contributed by atoms with Crippen LogP contribution in [0.3, 0.4) is 0 Å². The molecule has 0 amide bonds. The number of alkyl halides is 6. The van der Waals surface area contributed by atoms with E-state index in [1.165, 1.54) is 0 Å². The molecule has 1 rings (SSSR count). The Morgan fingerprint density at radius 1 is 1.00 bits per heavy atom. The molecule has 0 unspecified atom stereocenters. The first-order valence-electron chi connectivity index (χ1n) is 4.75. The maximum Gasteiger partial charge on any atom is 0.416 e. The van der Waals surface area contributed by atoms with Crippen LogP contribution in [0.2, 0.25) is 0 Å². The monoisotopic (exact) mass is 287 g/mol. The first-order chi connectivity index (χ1) is 8.50. The van der Waals surface area contributed by atoms with Crippen molar-refractivity contribution in [2.75, 3.05) is 11.9 Å². The first-order valence-corrected chi connectivity index (χ1v) is 4.75. The van der Waals surface area contributed by atoms with Crippen LogP contribution in [0.4, 0.5) is 32.0 Å². The topological polar surface area (TPSA) is 49.3 Å². The lowest BCUT2D eigenvalue weighted by molar-refractivity contribution is -0.143. The third-order valence-corrected chi connectivity index (χ3v) is 2.03. The number of carboxylic acid groups (broad SMARTS) is 1. The van der Waals surface area contributed by atoms with Crippen LogP contribution in [-0.2, 0) is 17.1 Å². The molecule has 9 heteroatoms. The standard InChI is InChI=1S/C10H7F6NO2/c11-9(12,13)5-1-6(10(14,15)16)3-7(2-5)17-4-8(18)19/h1-3,17H,4H2,(H,18,19). The first kappa shape index (κ1) is 15.1. The van der Waals surface area contributed by atoms with Crippen molar-refractivity contribution in [3.63, 3.8) is 0 Å². The van der Waals surface area contributed by atoms with Crippen molar-refractivity contribution in [1.82, 2.24) is 0 Å².